The fraction of sp³-hybridized carbons (Fsp3) is 0.111. The molecule has 0 spiro atoms. The lowest BCUT2D eigenvalue weighted by atomic mass is 9.54. The molecule has 0 unspecified atom stereocenters. The summed E-state index contributed by atoms with van der Waals surface area (Å²) in [5.41, 5.74) is -1.49. The second-order valence-corrected chi connectivity index (χ2v) is 5.04. The maximum absolute atomic E-state index is 9.74. The standard InChI is InChI=1S/C18H8N4/c19-9-17(10-20)15-7-3-1-5-13(15)14-6-2-4-8-16(14)18(17,11-21)12-22/h1-8H. The lowest BCUT2D eigenvalue weighted by molar-refractivity contribution is 0.517. The molecule has 2 aromatic rings. The minimum absolute atomic E-state index is 0.404. The first-order valence-electron chi connectivity index (χ1n) is 6.55. The highest BCUT2D eigenvalue weighted by Crippen LogP contribution is 2.53. The van der Waals surface area contributed by atoms with E-state index in [0.717, 1.165) is 0 Å². The number of fused-ring (bicyclic) bond motifs is 3. The second kappa shape index (κ2) is 4.46. The molecule has 0 fully saturated rings. The molecule has 0 radical (unpaired) electrons. The molecule has 0 bridgehead atoms. The van der Waals surface area contributed by atoms with Crippen molar-refractivity contribution in [2.45, 2.75) is 10.8 Å². The van der Waals surface area contributed by atoms with Crippen molar-refractivity contribution in [2.75, 3.05) is 0 Å². The Labute approximate surface area is 127 Å². The van der Waals surface area contributed by atoms with Crippen molar-refractivity contribution in [1.29, 1.82) is 21.0 Å². The number of hydrogen-bond donors (Lipinski definition) is 0. The first kappa shape index (κ1) is 13.4. The van der Waals surface area contributed by atoms with Crippen LogP contribution in [-0.2, 0) is 10.8 Å². The molecule has 0 amide bonds. The quantitative estimate of drug-likeness (QED) is 0.741. The summed E-state index contributed by atoms with van der Waals surface area (Å²) in [6.45, 7) is 0. The molecule has 0 aliphatic heterocycles. The van der Waals surface area contributed by atoms with E-state index in [1.54, 1.807) is 48.5 Å². The smallest absolute Gasteiger partial charge is 0.196 e. The van der Waals surface area contributed by atoms with Crippen LogP contribution in [-0.4, -0.2) is 0 Å². The van der Waals surface area contributed by atoms with Crippen molar-refractivity contribution in [3.8, 4) is 35.4 Å². The molecule has 1 aliphatic rings. The van der Waals surface area contributed by atoms with Crippen molar-refractivity contribution in [3.05, 3.63) is 59.7 Å². The van der Waals surface area contributed by atoms with Crippen LogP contribution in [0.4, 0.5) is 0 Å². The van der Waals surface area contributed by atoms with Gasteiger partial charge in [-0.25, -0.2) is 0 Å². The van der Waals surface area contributed by atoms with Crippen LogP contribution < -0.4 is 0 Å². The van der Waals surface area contributed by atoms with Gasteiger partial charge in [0.05, 0.1) is 24.3 Å². The molecule has 1 aliphatic carbocycles. The van der Waals surface area contributed by atoms with E-state index in [9.17, 15) is 21.0 Å². The largest absolute Gasteiger partial charge is 0.204 e. The average molecular weight is 280 g/mol. The predicted molar refractivity (Wildman–Crippen MR) is 77.7 cm³/mol. The molecule has 0 atom stereocenters. The summed E-state index contributed by atoms with van der Waals surface area (Å²) in [6, 6.07) is 21.7. The Morgan fingerprint density at radius 1 is 0.545 bits per heavy atom. The van der Waals surface area contributed by atoms with Crippen molar-refractivity contribution < 1.29 is 0 Å². The third-order valence-electron chi connectivity index (χ3n) is 4.19. The summed E-state index contributed by atoms with van der Waals surface area (Å²) in [5.74, 6) is 0. The first-order chi connectivity index (χ1) is 10.7. The SMILES string of the molecule is N#CC1(C#N)c2ccccc2-c2ccccc2C1(C#N)C#N. The highest BCUT2D eigenvalue weighted by molar-refractivity contribution is 5.83. The van der Waals surface area contributed by atoms with E-state index in [1.165, 1.54) is 0 Å². The number of nitrogens with zero attached hydrogens (tertiary/aromatic N) is 4. The highest BCUT2D eigenvalue weighted by atomic mass is 14.6. The van der Waals surface area contributed by atoms with Gasteiger partial charge in [-0.05, 0) is 22.3 Å². The maximum Gasteiger partial charge on any atom is 0.204 e. The molecule has 2 aromatic carbocycles. The van der Waals surface area contributed by atoms with Crippen LogP contribution in [0.5, 0.6) is 0 Å². The summed E-state index contributed by atoms with van der Waals surface area (Å²) in [7, 11) is 0. The fourth-order valence-corrected chi connectivity index (χ4v) is 3.12. The van der Waals surface area contributed by atoms with Gasteiger partial charge in [0.25, 0.3) is 0 Å². The Bertz CT molecular complexity index is 837. The minimum Gasteiger partial charge on any atom is -0.196 e. The van der Waals surface area contributed by atoms with Gasteiger partial charge in [0.1, 0.15) is 0 Å². The predicted octanol–water partition coefficient (Wildman–Crippen LogP) is 2.94. The van der Waals surface area contributed by atoms with Gasteiger partial charge in [-0.3, -0.25) is 0 Å². The van der Waals surface area contributed by atoms with Crippen molar-refractivity contribution in [3.63, 3.8) is 0 Å². The molecule has 22 heavy (non-hydrogen) atoms. The van der Waals surface area contributed by atoms with Crippen LogP contribution in [0.3, 0.4) is 0 Å². The zero-order valence-corrected chi connectivity index (χ0v) is 11.4. The van der Waals surface area contributed by atoms with E-state index in [0.29, 0.717) is 22.3 Å². The van der Waals surface area contributed by atoms with Crippen LogP contribution in [0.2, 0.25) is 0 Å². The topological polar surface area (TPSA) is 95.2 Å². The van der Waals surface area contributed by atoms with Crippen LogP contribution in [0.25, 0.3) is 11.1 Å². The monoisotopic (exact) mass is 280 g/mol. The van der Waals surface area contributed by atoms with E-state index in [2.05, 4.69) is 0 Å². The fourth-order valence-electron chi connectivity index (χ4n) is 3.12. The first-order valence-corrected chi connectivity index (χ1v) is 6.55. The van der Waals surface area contributed by atoms with Crippen molar-refractivity contribution in [1.82, 2.24) is 0 Å². The molecule has 0 heterocycles. The Morgan fingerprint density at radius 2 is 0.864 bits per heavy atom. The normalized spacial score (nSPS) is 15.8. The van der Waals surface area contributed by atoms with Crippen LogP contribution in [0, 0.1) is 45.3 Å². The van der Waals surface area contributed by atoms with Gasteiger partial charge in [-0.2, -0.15) is 21.0 Å². The van der Waals surface area contributed by atoms with E-state index in [4.69, 9.17) is 0 Å². The van der Waals surface area contributed by atoms with E-state index < -0.39 is 10.8 Å². The summed E-state index contributed by atoms with van der Waals surface area (Å²) in [5, 5.41) is 38.9. The molecule has 0 saturated carbocycles. The van der Waals surface area contributed by atoms with Gasteiger partial charge < -0.3 is 0 Å². The Kier molecular flexibility index (Phi) is 2.71. The molecule has 0 N–H and O–H groups in total. The van der Waals surface area contributed by atoms with E-state index in [1.807, 2.05) is 24.3 Å². The zero-order chi connectivity index (χ0) is 15.8. The lowest BCUT2D eigenvalue weighted by Crippen LogP contribution is -2.48. The second-order valence-electron chi connectivity index (χ2n) is 5.04. The van der Waals surface area contributed by atoms with Gasteiger partial charge in [-0.1, -0.05) is 48.5 Å². The Morgan fingerprint density at radius 3 is 1.18 bits per heavy atom. The number of hydrogen-bond acceptors (Lipinski definition) is 4. The third-order valence-corrected chi connectivity index (χ3v) is 4.19. The molecular formula is C18H8N4. The number of benzene rings is 2. The molecule has 100 valence electrons. The molecular weight excluding hydrogens is 272 g/mol. The number of rotatable bonds is 0. The lowest BCUT2D eigenvalue weighted by Gasteiger charge is -2.38. The van der Waals surface area contributed by atoms with Crippen LogP contribution in [0.15, 0.2) is 48.5 Å². The highest BCUT2D eigenvalue weighted by Gasteiger charge is 2.61. The van der Waals surface area contributed by atoms with Gasteiger partial charge in [-0.15, -0.1) is 0 Å². The van der Waals surface area contributed by atoms with Crippen LogP contribution >= 0.6 is 0 Å². The molecule has 4 heteroatoms. The molecule has 0 aromatic heterocycles. The summed E-state index contributed by atoms with van der Waals surface area (Å²) in [4.78, 5) is 0. The summed E-state index contributed by atoms with van der Waals surface area (Å²) < 4.78 is 0. The van der Waals surface area contributed by atoms with Gasteiger partial charge in [0.2, 0.25) is 10.8 Å². The van der Waals surface area contributed by atoms with Crippen molar-refractivity contribution >= 4 is 0 Å². The van der Waals surface area contributed by atoms with E-state index >= 15 is 0 Å². The van der Waals surface area contributed by atoms with Gasteiger partial charge >= 0.3 is 0 Å². The van der Waals surface area contributed by atoms with Gasteiger partial charge in [0.15, 0.2) is 0 Å². The molecule has 4 nitrogen and oxygen atoms in total. The Balaban J connectivity index is 2.60. The van der Waals surface area contributed by atoms with Crippen molar-refractivity contribution in [2.24, 2.45) is 0 Å². The third kappa shape index (κ3) is 1.27. The minimum atomic E-state index is -1.86. The number of nitriles is 4. The van der Waals surface area contributed by atoms with E-state index in [-0.39, 0.29) is 0 Å². The average Bonchev–Trinajstić information content (AvgIpc) is 2.60. The Hall–Kier alpha value is -3.60. The summed E-state index contributed by atoms with van der Waals surface area (Å²) in [6.07, 6.45) is 0. The molecule has 3 rings (SSSR count). The van der Waals surface area contributed by atoms with Gasteiger partial charge in [0, 0.05) is 0 Å². The summed E-state index contributed by atoms with van der Waals surface area (Å²) >= 11 is 0. The molecule has 0 saturated heterocycles. The zero-order valence-electron chi connectivity index (χ0n) is 11.4. The maximum atomic E-state index is 9.74. The van der Waals surface area contributed by atoms with Crippen LogP contribution in [0.1, 0.15) is 11.1 Å².